The number of anilines is 1. The topological polar surface area (TPSA) is 92.4 Å². The molecule has 1 aliphatic heterocycles. The van der Waals surface area contributed by atoms with Crippen molar-refractivity contribution in [2.24, 2.45) is 0 Å². The molecule has 1 atom stereocenters. The van der Waals surface area contributed by atoms with Crippen molar-refractivity contribution in [1.82, 2.24) is 19.8 Å². The zero-order valence-electron chi connectivity index (χ0n) is 15.3. The molecule has 0 aliphatic carbocycles. The van der Waals surface area contributed by atoms with Crippen molar-refractivity contribution < 1.29 is 9.59 Å². The molecule has 0 radical (unpaired) electrons. The van der Waals surface area contributed by atoms with Gasteiger partial charge in [0.15, 0.2) is 0 Å². The first-order valence-electron chi connectivity index (χ1n) is 8.93. The number of carbonyl (C=O) groups is 2. The molecule has 3 aromatic heterocycles. The number of aldehydes is 1. The van der Waals surface area contributed by atoms with Crippen LogP contribution in [0.1, 0.15) is 9.75 Å². The first-order valence-corrected chi connectivity index (χ1v) is 11.4. The summed E-state index contributed by atoms with van der Waals surface area (Å²) in [5.74, 6) is 0.393. The highest BCUT2D eigenvalue weighted by Crippen LogP contribution is 2.29. The molecule has 4 heterocycles. The monoisotopic (exact) mass is 491 g/mol. The van der Waals surface area contributed by atoms with E-state index in [0.717, 1.165) is 30.7 Å². The van der Waals surface area contributed by atoms with E-state index in [9.17, 15) is 9.59 Å². The van der Waals surface area contributed by atoms with Crippen molar-refractivity contribution in [3.05, 3.63) is 44.1 Å². The van der Waals surface area contributed by atoms with Gasteiger partial charge in [0.1, 0.15) is 18.4 Å². The minimum atomic E-state index is -0.342. The minimum Gasteiger partial charge on any atom is -0.382 e. The number of thiophene rings is 2. The van der Waals surface area contributed by atoms with E-state index in [-0.39, 0.29) is 11.9 Å². The van der Waals surface area contributed by atoms with Gasteiger partial charge in [0, 0.05) is 51.9 Å². The molecule has 4 rings (SSSR count). The average Bonchev–Trinajstić information content (AvgIpc) is 3.32. The van der Waals surface area contributed by atoms with Crippen LogP contribution in [-0.2, 0) is 16.1 Å². The fourth-order valence-electron chi connectivity index (χ4n) is 3.25. The number of piperazine rings is 1. The van der Waals surface area contributed by atoms with Crippen LogP contribution in [0.25, 0.3) is 16.3 Å². The van der Waals surface area contributed by atoms with Gasteiger partial charge in [-0.15, -0.1) is 22.7 Å². The van der Waals surface area contributed by atoms with Crippen LogP contribution in [-0.4, -0.2) is 57.6 Å². The number of halogens is 1. The number of rotatable bonds is 5. The van der Waals surface area contributed by atoms with Gasteiger partial charge in [0.05, 0.1) is 16.3 Å². The summed E-state index contributed by atoms with van der Waals surface area (Å²) < 4.78 is 1.86. The quantitative estimate of drug-likeness (QED) is 0.435. The number of nitrogens with zero attached hydrogens (tertiary/aromatic N) is 4. The Kier molecular flexibility index (Phi) is 6.04. The number of hydrogen-bond acceptors (Lipinski definition) is 8. The molecular weight excluding hydrogens is 474 g/mol. The third-order valence-corrected chi connectivity index (χ3v) is 7.52. The zero-order valence-corrected chi connectivity index (χ0v) is 18.5. The molecule has 10 heteroatoms. The molecule has 0 aromatic carbocycles. The molecule has 150 valence electrons. The van der Waals surface area contributed by atoms with E-state index in [4.69, 9.17) is 5.73 Å². The van der Waals surface area contributed by atoms with Gasteiger partial charge < -0.3 is 15.4 Å². The highest BCUT2D eigenvalue weighted by molar-refractivity contribution is 9.10. The molecule has 0 spiro atoms. The number of nitrogens with two attached hydrogens (primary N) is 1. The van der Waals surface area contributed by atoms with Crippen molar-refractivity contribution in [3.63, 3.8) is 0 Å². The van der Waals surface area contributed by atoms with E-state index < -0.39 is 0 Å². The number of nitrogen functional groups attached to an aromatic ring is 1. The lowest BCUT2D eigenvalue weighted by atomic mass is 10.1. The molecule has 7 nitrogen and oxygen atoms in total. The van der Waals surface area contributed by atoms with Crippen molar-refractivity contribution in [2.75, 3.05) is 25.4 Å². The molecule has 29 heavy (non-hydrogen) atoms. The first-order chi connectivity index (χ1) is 14.0. The molecule has 1 saturated heterocycles. The fourth-order valence-corrected chi connectivity index (χ4v) is 5.62. The van der Waals surface area contributed by atoms with Gasteiger partial charge in [-0.3, -0.25) is 9.69 Å². The molecule has 2 N–H and O–H groups in total. The molecule has 1 unspecified atom stereocenters. The largest absolute Gasteiger partial charge is 0.382 e. The first kappa shape index (κ1) is 20.1. The second kappa shape index (κ2) is 8.70. The maximum absolute atomic E-state index is 12.5. The number of fused-ring (bicyclic) bond motifs is 1. The van der Waals surface area contributed by atoms with Gasteiger partial charge >= 0.3 is 0 Å². The number of hydrogen-bond donors (Lipinski definition) is 1. The molecular formula is C19H18BrN5O2S2. The van der Waals surface area contributed by atoms with Crippen LogP contribution in [0.5, 0.6) is 0 Å². The van der Waals surface area contributed by atoms with Crippen LogP contribution >= 0.6 is 38.6 Å². The zero-order chi connectivity index (χ0) is 20.4. The lowest BCUT2D eigenvalue weighted by molar-refractivity contribution is -0.130. The Morgan fingerprint density at radius 1 is 1.34 bits per heavy atom. The van der Waals surface area contributed by atoms with Crippen LogP contribution in [0.2, 0.25) is 0 Å². The Balaban J connectivity index is 1.41. The summed E-state index contributed by atoms with van der Waals surface area (Å²) in [6, 6.07) is 3.60. The van der Waals surface area contributed by atoms with Crippen molar-refractivity contribution in [3.8, 4) is 0 Å². The lowest BCUT2D eigenvalue weighted by Gasteiger charge is -2.38. The Morgan fingerprint density at radius 3 is 2.93 bits per heavy atom. The normalized spacial score (nSPS) is 18.0. The van der Waals surface area contributed by atoms with E-state index in [0.29, 0.717) is 32.0 Å². The van der Waals surface area contributed by atoms with Gasteiger partial charge in [-0.2, -0.15) is 0 Å². The lowest BCUT2D eigenvalue weighted by Crippen LogP contribution is -2.54. The minimum absolute atomic E-state index is 0.0778. The van der Waals surface area contributed by atoms with E-state index in [1.54, 1.807) is 33.6 Å². The third-order valence-electron chi connectivity index (χ3n) is 4.73. The van der Waals surface area contributed by atoms with E-state index >= 15 is 0 Å². The van der Waals surface area contributed by atoms with Gasteiger partial charge in [0.25, 0.3) is 0 Å². The summed E-state index contributed by atoms with van der Waals surface area (Å²) in [5.41, 5.74) is 6.74. The van der Waals surface area contributed by atoms with Crippen LogP contribution in [0.4, 0.5) is 5.82 Å². The molecule has 1 aliphatic rings. The summed E-state index contributed by atoms with van der Waals surface area (Å²) in [5, 5.41) is 1.97. The average molecular weight is 492 g/mol. The molecule has 1 amide bonds. The predicted octanol–water partition coefficient (Wildman–Crippen LogP) is 3.02. The van der Waals surface area contributed by atoms with Crippen molar-refractivity contribution in [2.45, 2.75) is 12.6 Å². The number of carbonyl (C=O) groups excluding carboxylic acids is 2. The highest BCUT2D eigenvalue weighted by Gasteiger charge is 2.29. The predicted molar refractivity (Wildman–Crippen MR) is 120 cm³/mol. The summed E-state index contributed by atoms with van der Waals surface area (Å²) in [4.78, 5) is 38.4. The second-order valence-electron chi connectivity index (χ2n) is 6.64. The third kappa shape index (κ3) is 4.55. The van der Waals surface area contributed by atoms with Gasteiger partial charge in [-0.1, -0.05) is 0 Å². The van der Waals surface area contributed by atoms with Crippen LogP contribution in [0, 0.1) is 0 Å². The highest BCUT2D eigenvalue weighted by atomic mass is 79.9. The Hall–Kier alpha value is -2.14. The van der Waals surface area contributed by atoms with E-state index in [1.165, 1.54) is 6.33 Å². The maximum atomic E-state index is 12.5. The smallest absolute Gasteiger partial charge is 0.246 e. The summed E-state index contributed by atoms with van der Waals surface area (Å²) >= 11 is 6.51. The Bertz CT molecular complexity index is 1080. The van der Waals surface area contributed by atoms with Crippen molar-refractivity contribution in [1.29, 1.82) is 0 Å². The Morgan fingerprint density at radius 2 is 2.21 bits per heavy atom. The molecule has 1 fully saturated rings. The fraction of sp³-hybridized carbons (Fsp3) is 0.263. The second-order valence-corrected chi connectivity index (χ2v) is 9.64. The summed E-state index contributed by atoms with van der Waals surface area (Å²) in [7, 11) is 0. The van der Waals surface area contributed by atoms with Crippen molar-refractivity contribution >= 4 is 72.9 Å². The molecule has 0 bridgehead atoms. The summed E-state index contributed by atoms with van der Waals surface area (Å²) in [6.07, 6.45) is 5.75. The number of amides is 1. The number of aromatic nitrogens is 2. The standard InChI is InChI=1S/C19H18BrN5O2S2/c20-12-5-14(28-10-12)1-2-17(27)25-4-3-24(13(7-25)9-26)8-15-6-16-18(29-15)19(21)23-11-22-16/h1-2,5-6,9-11,13H,3-4,7-8H2,(H2,21,22,23). The van der Waals surface area contributed by atoms with E-state index in [1.807, 2.05) is 23.6 Å². The van der Waals surface area contributed by atoms with Gasteiger partial charge in [-0.05, 0) is 34.1 Å². The molecule has 0 saturated carbocycles. The van der Waals surface area contributed by atoms with Crippen LogP contribution in [0.3, 0.4) is 0 Å². The Labute approximate surface area is 184 Å². The molecule has 3 aromatic rings. The van der Waals surface area contributed by atoms with Gasteiger partial charge in [-0.25, -0.2) is 9.97 Å². The summed E-state index contributed by atoms with van der Waals surface area (Å²) in [6.45, 7) is 2.20. The maximum Gasteiger partial charge on any atom is 0.246 e. The SMILES string of the molecule is Nc1ncnc2cc(CN3CCN(C(=O)C=Cc4cc(Br)cs4)CC3C=O)sc12. The van der Waals surface area contributed by atoms with E-state index in [2.05, 4.69) is 30.8 Å². The van der Waals surface area contributed by atoms with Crippen LogP contribution in [0.15, 0.2) is 34.4 Å². The van der Waals surface area contributed by atoms with Crippen LogP contribution < -0.4 is 5.73 Å². The van der Waals surface area contributed by atoms with Gasteiger partial charge in [0.2, 0.25) is 5.91 Å².